The summed E-state index contributed by atoms with van der Waals surface area (Å²) in [6.07, 6.45) is -0.550. The average molecular weight is 447 g/mol. The van der Waals surface area contributed by atoms with Crippen LogP contribution >= 0.6 is 27.5 Å². The van der Waals surface area contributed by atoms with E-state index < -0.39 is 6.10 Å². The molecule has 0 unspecified atom stereocenters. The quantitative estimate of drug-likeness (QED) is 0.480. The molecule has 0 heterocycles. The Balaban J connectivity index is 1.61. The van der Waals surface area contributed by atoms with E-state index in [9.17, 15) is 5.11 Å². The highest BCUT2D eigenvalue weighted by Crippen LogP contribution is 2.25. The van der Waals surface area contributed by atoms with Crippen LogP contribution in [0.15, 0.2) is 77.3 Å². The molecule has 0 radical (unpaired) electrons. The summed E-state index contributed by atoms with van der Waals surface area (Å²) in [6, 6.07) is 23.2. The van der Waals surface area contributed by atoms with Crippen molar-refractivity contribution in [3.8, 4) is 5.75 Å². The van der Waals surface area contributed by atoms with Gasteiger partial charge < -0.3 is 15.2 Å². The Bertz CT molecular complexity index is 873. The molecule has 0 aliphatic rings. The molecule has 0 spiro atoms. The van der Waals surface area contributed by atoms with Gasteiger partial charge in [-0.3, -0.25) is 0 Å². The number of rotatable bonds is 8. The van der Waals surface area contributed by atoms with E-state index in [-0.39, 0.29) is 0 Å². The van der Waals surface area contributed by atoms with Crippen molar-refractivity contribution in [2.45, 2.75) is 19.3 Å². The van der Waals surface area contributed by atoms with Gasteiger partial charge in [0.1, 0.15) is 12.4 Å². The molecule has 3 aromatic carbocycles. The van der Waals surface area contributed by atoms with Gasteiger partial charge in [-0.25, -0.2) is 0 Å². The lowest BCUT2D eigenvalue weighted by Gasteiger charge is -2.15. The van der Waals surface area contributed by atoms with Gasteiger partial charge in [-0.15, -0.1) is 0 Å². The summed E-state index contributed by atoms with van der Waals surface area (Å²) in [5.74, 6) is 0.792. The molecule has 5 heteroatoms. The van der Waals surface area contributed by atoms with Crippen LogP contribution in [0.1, 0.15) is 22.8 Å². The van der Waals surface area contributed by atoms with Gasteiger partial charge in [-0.2, -0.15) is 0 Å². The summed E-state index contributed by atoms with van der Waals surface area (Å²) >= 11 is 9.71. The Morgan fingerprint density at radius 1 is 0.963 bits per heavy atom. The van der Waals surface area contributed by atoms with Gasteiger partial charge in [0.15, 0.2) is 0 Å². The minimum absolute atomic E-state index is 0.404. The zero-order chi connectivity index (χ0) is 19.1. The minimum atomic E-state index is -0.550. The van der Waals surface area contributed by atoms with Gasteiger partial charge in [0.2, 0.25) is 0 Å². The number of benzene rings is 3. The summed E-state index contributed by atoms with van der Waals surface area (Å²) in [4.78, 5) is 0. The zero-order valence-corrected chi connectivity index (χ0v) is 17.1. The lowest BCUT2D eigenvalue weighted by atomic mass is 10.1. The number of hydrogen-bond acceptors (Lipinski definition) is 3. The van der Waals surface area contributed by atoms with Crippen LogP contribution in [0.3, 0.4) is 0 Å². The Hall–Kier alpha value is -1.85. The van der Waals surface area contributed by atoms with Crippen LogP contribution in [0, 0.1) is 0 Å². The number of aliphatic hydroxyl groups excluding tert-OH is 1. The molecular weight excluding hydrogens is 426 g/mol. The molecule has 27 heavy (non-hydrogen) atoms. The van der Waals surface area contributed by atoms with Crippen molar-refractivity contribution in [3.05, 3.63) is 99.0 Å². The topological polar surface area (TPSA) is 41.5 Å². The Morgan fingerprint density at radius 3 is 2.48 bits per heavy atom. The van der Waals surface area contributed by atoms with Crippen LogP contribution in [0.2, 0.25) is 5.02 Å². The third kappa shape index (κ3) is 5.81. The van der Waals surface area contributed by atoms with Crippen molar-refractivity contribution in [2.24, 2.45) is 0 Å². The van der Waals surface area contributed by atoms with Crippen LogP contribution in [-0.2, 0) is 13.2 Å². The first-order chi connectivity index (χ1) is 13.1. The van der Waals surface area contributed by atoms with E-state index in [0.717, 1.165) is 26.9 Å². The van der Waals surface area contributed by atoms with E-state index in [0.29, 0.717) is 24.7 Å². The number of halogens is 2. The molecule has 3 rings (SSSR count). The molecule has 140 valence electrons. The number of hydrogen-bond donors (Lipinski definition) is 2. The smallest absolute Gasteiger partial charge is 0.124 e. The van der Waals surface area contributed by atoms with E-state index in [1.807, 2.05) is 72.8 Å². The Kier molecular flexibility index (Phi) is 7.30. The Morgan fingerprint density at radius 2 is 1.70 bits per heavy atom. The van der Waals surface area contributed by atoms with Crippen molar-refractivity contribution in [1.82, 2.24) is 5.32 Å². The molecule has 0 aliphatic carbocycles. The molecule has 0 bridgehead atoms. The highest BCUT2D eigenvalue weighted by Gasteiger charge is 2.09. The Labute approximate surface area is 173 Å². The second kappa shape index (κ2) is 9.90. The first-order valence-corrected chi connectivity index (χ1v) is 9.89. The zero-order valence-electron chi connectivity index (χ0n) is 14.7. The first-order valence-electron chi connectivity index (χ1n) is 8.72. The first kappa shape index (κ1) is 19.9. The third-order valence-corrected chi connectivity index (χ3v) is 5.06. The number of ether oxygens (including phenoxy) is 1. The van der Waals surface area contributed by atoms with Crippen molar-refractivity contribution >= 4 is 27.5 Å². The van der Waals surface area contributed by atoms with Gasteiger partial charge >= 0.3 is 0 Å². The van der Waals surface area contributed by atoms with Crippen molar-refractivity contribution < 1.29 is 9.84 Å². The molecule has 3 aromatic rings. The summed E-state index contributed by atoms with van der Waals surface area (Å²) in [7, 11) is 0. The van der Waals surface area contributed by atoms with Crippen LogP contribution < -0.4 is 10.1 Å². The van der Waals surface area contributed by atoms with Gasteiger partial charge in [0.25, 0.3) is 0 Å². The summed E-state index contributed by atoms with van der Waals surface area (Å²) in [6.45, 7) is 1.45. The van der Waals surface area contributed by atoms with Crippen LogP contribution in [0.25, 0.3) is 0 Å². The second-order valence-corrected chi connectivity index (χ2v) is 7.51. The third-order valence-electron chi connectivity index (χ3n) is 4.20. The summed E-state index contributed by atoms with van der Waals surface area (Å²) in [5, 5.41) is 14.3. The standard InChI is InChI=1S/C22H21BrClNO2/c23-19-10-11-22(27-15-17-8-4-5-9-20(17)24)18(12-19)13-25-14-21(26)16-6-2-1-3-7-16/h1-12,21,25-26H,13-15H2/t21-/m1/s1. The average Bonchev–Trinajstić information content (AvgIpc) is 2.69. The van der Waals surface area contributed by atoms with E-state index in [4.69, 9.17) is 16.3 Å². The van der Waals surface area contributed by atoms with Gasteiger partial charge in [-0.05, 0) is 29.8 Å². The normalized spacial score (nSPS) is 12.0. The largest absolute Gasteiger partial charge is 0.489 e. The van der Waals surface area contributed by atoms with Crippen molar-refractivity contribution in [2.75, 3.05) is 6.54 Å². The maximum absolute atomic E-state index is 10.3. The van der Waals surface area contributed by atoms with Crippen molar-refractivity contribution in [3.63, 3.8) is 0 Å². The molecule has 2 N–H and O–H groups in total. The molecular formula is C22H21BrClNO2. The van der Waals surface area contributed by atoms with E-state index >= 15 is 0 Å². The number of aliphatic hydroxyl groups is 1. The summed E-state index contributed by atoms with van der Waals surface area (Å²) in [5.41, 5.74) is 2.85. The highest BCUT2D eigenvalue weighted by atomic mass is 79.9. The fraction of sp³-hybridized carbons (Fsp3) is 0.182. The van der Waals surface area contributed by atoms with Crippen LogP contribution in [0.4, 0.5) is 0 Å². The molecule has 0 saturated heterocycles. The fourth-order valence-electron chi connectivity index (χ4n) is 2.73. The molecule has 0 amide bonds. The molecule has 1 atom stereocenters. The molecule has 3 nitrogen and oxygen atoms in total. The van der Waals surface area contributed by atoms with Crippen molar-refractivity contribution in [1.29, 1.82) is 0 Å². The second-order valence-electron chi connectivity index (χ2n) is 6.19. The van der Waals surface area contributed by atoms with E-state index in [1.165, 1.54) is 0 Å². The van der Waals surface area contributed by atoms with Gasteiger partial charge in [-0.1, -0.05) is 76.1 Å². The molecule has 0 aromatic heterocycles. The monoisotopic (exact) mass is 445 g/mol. The van der Waals surface area contributed by atoms with Gasteiger partial charge in [0.05, 0.1) is 6.10 Å². The molecule has 0 fully saturated rings. The maximum atomic E-state index is 10.3. The minimum Gasteiger partial charge on any atom is -0.489 e. The maximum Gasteiger partial charge on any atom is 0.124 e. The van der Waals surface area contributed by atoms with Crippen LogP contribution in [-0.4, -0.2) is 11.7 Å². The SMILES string of the molecule is O[C@H](CNCc1cc(Br)ccc1OCc1ccccc1Cl)c1ccccc1. The predicted octanol–water partition coefficient (Wildman–Crippen LogP) is 5.50. The van der Waals surface area contributed by atoms with Crippen LogP contribution in [0.5, 0.6) is 5.75 Å². The fourth-order valence-corrected chi connectivity index (χ4v) is 3.33. The lowest BCUT2D eigenvalue weighted by Crippen LogP contribution is -2.21. The lowest BCUT2D eigenvalue weighted by molar-refractivity contribution is 0.174. The predicted molar refractivity (Wildman–Crippen MR) is 113 cm³/mol. The molecule has 0 saturated carbocycles. The van der Waals surface area contributed by atoms with E-state index in [2.05, 4.69) is 21.2 Å². The highest BCUT2D eigenvalue weighted by molar-refractivity contribution is 9.10. The number of nitrogens with one attached hydrogen (secondary N) is 1. The van der Waals surface area contributed by atoms with E-state index in [1.54, 1.807) is 0 Å². The van der Waals surface area contributed by atoms with Gasteiger partial charge in [0, 0.05) is 33.7 Å². The molecule has 0 aliphatic heterocycles. The summed E-state index contributed by atoms with van der Waals surface area (Å²) < 4.78 is 6.97.